The van der Waals surface area contributed by atoms with Crippen LogP contribution in [-0.4, -0.2) is 22.7 Å². The smallest absolute Gasteiger partial charge is 0.220 e. The standard InChI is InChI=1S/C37H56N2O2S/c1-5-7-9-10-11-12-13-14-15-16-17-18-19-20-21-22-23-25-35(41)39-37(30(3)4)33(40)29-36-38-32-27-26-31(24-8-6-2)28-34(32)42-36/h7,9,11-12,14-15,17-18,20-21,30-31,37H,5-6,8,10,13,16,19,22-29H2,1-4H3,(H,39,41)/b9-7-,12-11-,15-14-,18-17-,21-20-/t31-,37+/m1/s1. The van der Waals surface area contributed by atoms with Crippen molar-refractivity contribution >= 4 is 23.0 Å². The lowest BCUT2D eigenvalue weighted by atomic mass is 9.87. The molecule has 0 bridgehead atoms. The summed E-state index contributed by atoms with van der Waals surface area (Å²) >= 11 is 1.72. The third kappa shape index (κ3) is 15.1. The first kappa shape index (κ1) is 35.7. The Balaban J connectivity index is 1.63. The van der Waals surface area contributed by atoms with Crippen LogP contribution < -0.4 is 5.32 Å². The number of aryl methyl sites for hydroxylation is 1. The minimum absolute atomic E-state index is 0.0356. The van der Waals surface area contributed by atoms with Gasteiger partial charge in [0.25, 0.3) is 0 Å². The van der Waals surface area contributed by atoms with Crippen LogP contribution in [-0.2, 0) is 28.9 Å². The lowest BCUT2D eigenvalue weighted by Crippen LogP contribution is -2.45. The number of rotatable bonds is 21. The van der Waals surface area contributed by atoms with Crippen molar-refractivity contribution in [3.8, 4) is 0 Å². The van der Waals surface area contributed by atoms with Crippen LogP contribution in [0.5, 0.6) is 0 Å². The number of fused-ring (bicyclic) bond motifs is 1. The molecule has 5 heteroatoms. The van der Waals surface area contributed by atoms with E-state index < -0.39 is 6.04 Å². The third-order valence-electron chi connectivity index (χ3n) is 7.64. The van der Waals surface area contributed by atoms with Crippen LogP contribution >= 0.6 is 11.3 Å². The Bertz CT molecular complexity index is 1060. The topological polar surface area (TPSA) is 59.1 Å². The maximum absolute atomic E-state index is 13.2. The molecule has 0 saturated carbocycles. The van der Waals surface area contributed by atoms with Crippen molar-refractivity contribution in [1.82, 2.24) is 10.3 Å². The molecule has 1 N–H and O–H groups in total. The summed E-state index contributed by atoms with van der Waals surface area (Å²) in [5, 5.41) is 3.94. The highest BCUT2D eigenvalue weighted by Crippen LogP contribution is 2.32. The van der Waals surface area contributed by atoms with Crippen LogP contribution in [0.4, 0.5) is 0 Å². The molecular weight excluding hydrogens is 536 g/mol. The number of carbonyl (C=O) groups is 2. The summed E-state index contributed by atoms with van der Waals surface area (Å²) in [4.78, 5) is 32.0. The first-order valence-corrected chi connectivity index (χ1v) is 17.3. The van der Waals surface area contributed by atoms with Gasteiger partial charge in [0.1, 0.15) is 5.01 Å². The van der Waals surface area contributed by atoms with Crippen molar-refractivity contribution in [2.24, 2.45) is 11.8 Å². The number of thiazole rings is 1. The summed E-state index contributed by atoms with van der Waals surface area (Å²) in [5.74, 6) is 0.857. The normalized spacial score (nSPS) is 16.5. The zero-order valence-corrected chi connectivity index (χ0v) is 27.6. The van der Waals surface area contributed by atoms with E-state index in [4.69, 9.17) is 4.98 Å². The highest BCUT2D eigenvalue weighted by Gasteiger charge is 2.27. The van der Waals surface area contributed by atoms with Gasteiger partial charge in [-0.15, -0.1) is 11.3 Å². The molecule has 1 amide bonds. The van der Waals surface area contributed by atoms with Gasteiger partial charge in [-0.2, -0.15) is 0 Å². The average molecular weight is 593 g/mol. The van der Waals surface area contributed by atoms with Crippen LogP contribution in [0.25, 0.3) is 0 Å². The van der Waals surface area contributed by atoms with E-state index in [1.54, 1.807) is 11.3 Å². The van der Waals surface area contributed by atoms with Gasteiger partial charge in [-0.3, -0.25) is 9.59 Å². The van der Waals surface area contributed by atoms with E-state index in [9.17, 15) is 9.59 Å². The van der Waals surface area contributed by atoms with E-state index >= 15 is 0 Å². The lowest BCUT2D eigenvalue weighted by molar-refractivity contribution is -0.128. The molecule has 0 spiro atoms. The summed E-state index contributed by atoms with van der Waals surface area (Å²) in [6.07, 6.45) is 36.5. The van der Waals surface area contributed by atoms with Crippen LogP contribution in [0.1, 0.15) is 120 Å². The number of hydrogen-bond acceptors (Lipinski definition) is 4. The second-order valence-corrected chi connectivity index (χ2v) is 12.9. The Hall–Kier alpha value is -2.53. The monoisotopic (exact) mass is 592 g/mol. The number of unbranched alkanes of at least 4 members (excludes halogenated alkanes) is 2. The van der Waals surface area contributed by atoms with Crippen LogP contribution in [0.3, 0.4) is 0 Å². The lowest BCUT2D eigenvalue weighted by Gasteiger charge is -2.20. The third-order valence-corrected chi connectivity index (χ3v) is 8.76. The van der Waals surface area contributed by atoms with Gasteiger partial charge in [0.15, 0.2) is 5.78 Å². The van der Waals surface area contributed by atoms with Gasteiger partial charge in [0.05, 0.1) is 18.2 Å². The van der Waals surface area contributed by atoms with Crippen molar-refractivity contribution < 1.29 is 9.59 Å². The maximum atomic E-state index is 13.2. The highest BCUT2D eigenvalue weighted by molar-refractivity contribution is 7.11. The van der Waals surface area contributed by atoms with Gasteiger partial charge in [-0.1, -0.05) is 108 Å². The molecule has 1 aliphatic carbocycles. The largest absolute Gasteiger partial charge is 0.346 e. The predicted octanol–water partition coefficient (Wildman–Crippen LogP) is 9.61. The number of allylic oxidation sites excluding steroid dienone is 10. The molecule has 0 saturated heterocycles. The van der Waals surface area contributed by atoms with E-state index in [1.165, 1.54) is 36.3 Å². The second-order valence-electron chi connectivity index (χ2n) is 11.8. The summed E-state index contributed by atoms with van der Waals surface area (Å²) in [6.45, 7) is 8.41. The van der Waals surface area contributed by atoms with Crippen LogP contribution in [0, 0.1) is 11.8 Å². The van der Waals surface area contributed by atoms with E-state index in [-0.39, 0.29) is 17.6 Å². The molecule has 1 aromatic rings. The van der Waals surface area contributed by atoms with Gasteiger partial charge < -0.3 is 5.32 Å². The maximum Gasteiger partial charge on any atom is 0.220 e. The van der Waals surface area contributed by atoms with E-state index in [2.05, 4.69) is 79.9 Å². The van der Waals surface area contributed by atoms with Crippen molar-refractivity contribution in [2.45, 2.75) is 130 Å². The quantitative estimate of drug-likeness (QED) is 0.114. The Labute approximate surface area is 260 Å². The van der Waals surface area contributed by atoms with Gasteiger partial charge in [0, 0.05) is 11.3 Å². The van der Waals surface area contributed by atoms with E-state index in [0.29, 0.717) is 12.8 Å². The SMILES string of the molecule is CC/C=C\C/C=C\C/C=C\C/C=C\C/C=C\CCCC(=O)N[C@H](C(=O)Cc1nc2c(s1)C[C@H](CCCC)CC2)C(C)C. The van der Waals surface area contributed by atoms with E-state index in [1.807, 2.05) is 13.8 Å². The molecular formula is C37H56N2O2S. The molecule has 2 rings (SSSR count). The van der Waals surface area contributed by atoms with Crippen molar-refractivity contribution in [3.63, 3.8) is 0 Å². The Morgan fingerprint density at radius 2 is 1.52 bits per heavy atom. The molecule has 0 radical (unpaired) electrons. The number of ketones is 1. The molecule has 0 aromatic carbocycles. The number of carbonyl (C=O) groups excluding carboxylic acids is 2. The number of hydrogen-bond donors (Lipinski definition) is 1. The van der Waals surface area contributed by atoms with Crippen molar-refractivity contribution in [3.05, 3.63) is 76.3 Å². The number of aromatic nitrogens is 1. The molecule has 0 aliphatic heterocycles. The molecule has 42 heavy (non-hydrogen) atoms. The summed E-state index contributed by atoms with van der Waals surface area (Å²) in [7, 11) is 0. The van der Waals surface area contributed by atoms with Crippen molar-refractivity contribution in [2.75, 3.05) is 0 Å². The second kappa shape index (κ2) is 22.1. The number of Topliss-reactive ketones (excluding diaryl/α,β-unsaturated/α-hetero) is 1. The summed E-state index contributed by atoms with van der Waals surface area (Å²) in [6, 6.07) is -0.454. The Morgan fingerprint density at radius 1 is 0.905 bits per heavy atom. The van der Waals surface area contributed by atoms with Crippen LogP contribution in [0.15, 0.2) is 60.8 Å². The zero-order valence-electron chi connectivity index (χ0n) is 26.8. The number of amides is 1. The van der Waals surface area contributed by atoms with Gasteiger partial charge in [-0.25, -0.2) is 4.98 Å². The molecule has 2 atom stereocenters. The first-order valence-electron chi connectivity index (χ1n) is 16.5. The predicted molar refractivity (Wildman–Crippen MR) is 181 cm³/mol. The fourth-order valence-electron chi connectivity index (χ4n) is 5.18. The van der Waals surface area contributed by atoms with E-state index in [0.717, 1.165) is 68.7 Å². The minimum atomic E-state index is -0.454. The fourth-order valence-corrected chi connectivity index (χ4v) is 6.42. The molecule has 1 heterocycles. The molecule has 1 aromatic heterocycles. The first-order chi connectivity index (χ1) is 20.4. The number of nitrogens with zero attached hydrogens (tertiary/aromatic N) is 1. The molecule has 0 fully saturated rings. The molecule has 4 nitrogen and oxygen atoms in total. The summed E-state index contributed by atoms with van der Waals surface area (Å²) < 4.78 is 0. The van der Waals surface area contributed by atoms with Crippen molar-refractivity contribution in [1.29, 1.82) is 0 Å². The van der Waals surface area contributed by atoms with Gasteiger partial charge in [-0.05, 0) is 76.0 Å². The van der Waals surface area contributed by atoms with Crippen LogP contribution in [0.2, 0.25) is 0 Å². The van der Waals surface area contributed by atoms with Gasteiger partial charge >= 0.3 is 0 Å². The van der Waals surface area contributed by atoms with Gasteiger partial charge in [0.2, 0.25) is 5.91 Å². The Morgan fingerprint density at radius 3 is 2.12 bits per heavy atom. The molecule has 0 unspecified atom stereocenters. The fraction of sp³-hybridized carbons (Fsp3) is 0.595. The Kier molecular flexibility index (Phi) is 18.7. The average Bonchev–Trinajstić information content (AvgIpc) is 3.37. The number of nitrogens with one attached hydrogen (secondary N) is 1. The molecule has 232 valence electrons. The zero-order chi connectivity index (χ0) is 30.4. The molecule has 1 aliphatic rings. The minimum Gasteiger partial charge on any atom is -0.346 e. The summed E-state index contributed by atoms with van der Waals surface area (Å²) in [5.41, 5.74) is 1.20. The highest BCUT2D eigenvalue weighted by atomic mass is 32.1.